The molecular formula is C12H17Cl2NO2. The number of benzene rings is 1. The van der Waals surface area contributed by atoms with Gasteiger partial charge in [0.1, 0.15) is 6.61 Å². The van der Waals surface area contributed by atoms with Gasteiger partial charge in [0, 0.05) is 11.6 Å². The van der Waals surface area contributed by atoms with Gasteiger partial charge >= 0.3 is 0 Å². The van der Waals surface area contributed by atoms with Gasteiger partial charge in [-0.3, -0.25) is 0 Å². The number of nitrogens with zero attached hydrogens (tertiary/aromatic N) is 1. The van der Waals surface area contributed by atoms with Crippen LogP contribution in [0.2, 0.25) is 10.0 Å². The zero-order valence-corrected chi connectivity index (χ0v) is 11.6. The SMILES string of the molecule is CCN(CC)CCOOc1ccc(Cl)cc1Cl. The average Bonchev–Trinajstić information content (AvgIpc) is 2.32. The normalized spacial score (nSPS) is 10.9. The first-order chi connectivity index (χ1) is 8.17. The second-order valence-corrected chi connectivity index (χ2v) is 4.35. The highest BCUT2D eigenvalue weighted by Gasteiger charge is 2.04. The molecule has 0 aliphatic rings. The van der Waals surface area contributed by atoms with E-state index in [0.29, 0.717) is 22.4 Å². The van der Waals surface area contributed by atoms with E-state index in [4.69, 9.17) is 33.0 Å². The molecule has 0 saturated carbocycles. The molecule has 0 spiro atoms. The van der Waals surface area contributed by atoms with Gasteiger partial charge < -0.3 is 9.79 Å². The minimum absolute atomic E-state index is 0.445. The van der Waals surface area contributed by atoms with E-state index in [1.165, 1.54) is 0 Å². The van der Waals surface area contributed by atoms with Crippen LogP contribution in [0.1, 0.15) is 13.8 Å². The molecule has 0 aliphatic carbocycles. The Balaban J connectivity index is 2.31. The number of hydrogen-bond acceptors (Lipinski definition) is 3. The number of halogens is 2. The molecule has 0 atom stereocenters. The Kier molecular flexibility index (Phi) is 6.66. The smallest absolute Gasteiger partial charge is 0.184 e. The van der Waals surface area contributed by atoms with Crippen LogP contribution in [0.4, 0.5) is 0 Å². The first-order valence-electron chi connectivity index (χ1n) is 5.64. The lowest BCUT2D eigenvalue weighted by Crippen LogP contribution is -2.27. The summed E-state index contributed by atoms with van der Waals surface area (Å²) in [5, 5.41) is 1.02. The van der Waals surface area contributed by atoms with Crippen molar-refractivity contribution in [1.82, 2.24) is 4.90 Å². The highest BCUT2D eigenvalue weighted by molar-refractivity contribution is 6.35. The van der Waals surface area contributed by atoms with Crippen molar-refractivity contribution in [3.63, 3.8) is 0 Å². The number of hydrogen-bond donors (Lipinski definition) is 0. The molecular weight excluding hydrogens is 261 g/mol. The van der Waals surface area contributed by atoms with Crippen molar-refractivity contribution in [3.8, 4) is 5.75 Å². The molecule has 1 rings (SSSR count). The summed E-state index contributed by atoms with van der Waals surface area (Å²) in [7, 11) is 0. The Bertz CT molecular complexity index is 343. The summed E-state index contributed by atoms with van der Waals surface area (Å²) in [6, 6.07) is 5.00. The summed E-state index contributed by atoms with van der Waals surface area (Å²) in [4.78, 5) is 12.5. The zero-order chi connectivity index (χ0) is 12.7. The molecule has 1 aromatic carbocycles. The molecule has 17 heavy (non-hydrogen) atoms. The van der Waals surface area contributed by atoms with Crippen molar-refractivity contribution in [2.75, 3.05) is 26.2 Å². The lowest BCUT2D eigenvalue weighted by Gasteiger charge is -2.17. The minimum Gasteiger partial charge on any atom is -0.336 e. The third-order valence-electron chi connectivity index (χ3n) is 2.43. The number of likely N-dealkylation sites (N-methyl/N-ethyl adjacent to an activating group) is 1. The van der Waals surface area contributed by atoms with Crippen molar-refractivity contribution < 1.29 is 9.78 Å². The van der Waals surface area contributed by atoms with Crippen molar-refractivity contribution >= 4 is 23.2 Å². The third-order valence-corrected chi connectivity index (χ3v) is 2.96. The maximum Gasteiger partial charge on any atom is 0.184 e. The van der Waals surface area contributed by atoms with E-state index in [0.717, 1.165) is 19.6 Å². The quantitative estimate of drug-likeness (QED) is 0.432. The van der Waals surface area contributed by atoms with E-state index in [2.05, 4.69) is 18.7 Å². The maximum absolute atomic E-state index is 5.93. The molecule has 0 N–H and O–H groups in total. The van der Waals surface area contributed by atoms with E-state index >= 15 is 0 Å². The molecule has 96 valence electrons. The van der Waals surface area contributed by atoms with Gasteiger partial charge in [-0.25, -0.2) is 0 Å². The highest BCUT2D eigenvalue weighted by atomic mass is 35.5. The van der Waals surface area contributed by atoms with Crippen molar-refractivity contribution in [3.05, 3.63) is 28.2 Å². The second-order valence-electron chi connectivity index (χ2n) is 3.51. The summed E-state index contributed by atoms with van der Waals surface area (Å²) in [6.45, 7) is 7.56. The Morgan fingerprint density at radius 1 is 1.18 bits per heavy atom. The van der Waals surface area contributed by atoms with Crippen molar-refractivity contribution in [2.45, 2.75) is 13.8 Å². The summed E-state index contributed by atoms with van der Waals surface area (Å²) in [5.41, 5.74) is 0. The van der Waals surface area contributed by atoms with Crippen LogP contribution in [0.25, 0.3) is 0 Å². The molecule has 0 amide bonds. The van der Waals surface area contributed by atoms with Crippen LogP contribution in [-0.2, 0) is 4.89 Å². The first-order valence-corrected chi connectivity index (χ1v) is 6.39. The van der Waals surface area contributed by atoms with Crippen LogP contribution in [0.5, 0.6) is 5.75 Å². The topological polar surface area (TPSA) is 21.7 Å². The zero-order valence-electron chi connectivity index (χ0n) is 10.1. The molecule has 5 heteroatoms. The molecule has 0 fully saturated rings. The molecule has 0 heterocycles. The molecule has 0 aliphatic heterocycles. The lowest BCUT2D eigenvalue weighted by atomic mass is 10.3. The van der Waals surface area contributed by atoms with Crippen molar-refractivity contribution in [1.29, 1.82) is 0 Å². The predicted octanol–water partition coefficient (Wildman–Crippen LogP) is 3.65. The fourth-order valence-corrected chi connectivity index (χ4v) is 1.79. The van der Waals surface area contributed by atoms with Gasteiger partial charge in [-0.15, -0.1) is 0 Å². The van der Waals surface area contributed by atoms with Crippen LogP contribution in [0.3, 0.4) is 0 Å². The van der Waals surface area contributed by atoms with E-state index in [9.17, 15) is 0 Å². The van der Waals surface area contributed by atoms with Crippen LogP contribution in [0, 0.1) is 0 Å². The van der Waals surface area contributed by atoms with Gasteiger partial charge in [0.2, 0.25) is 0 Å². The van der Waals surface area contributed by atoms with E-state index < -0.39 is 0 Å². The van der Waals surface area contributed by atoms with Gasteiger partial charge in [-0.05, 0) is 31.3 Å². The first kappa shape index (κ1) is 14.6. The summed E-state index contributed by atoms with van der Waals surface area (Å²) in [6.07, 6.45) is 0. The molecule has 0 radical (unpaired) electrons. The van der Waals surface area contributed by atoms with E-state index in [-0.39, 0.29) is 0 Å². The van der Waals surface area contributed by atoms with Gasteiger partial charge in [-0.2, -0.15) is 4.89 Å². The van der Waals surface area contributed by atoms with Gasteiger partial charge in [0.15, 0.2) is 5.75 Å². The second kappa shape index (κ2) is 7.77. The monoisotopic (exact) mass is 277 g/mol. The van der Waals surface area contributed by atoms with Gasteiger partial charge in [-0.1, -0.05) is 37.0 Å². The molecule has 1 aromatic rings. The summed E-state index contributed by atoms with van der Waals surface area (Å²) < 4.78 is 0. The van der Waals surface area contributed by atoms with Crippen LogP contribution in [-0.4, -0.2) is 31.1 Å². The average molecular weight is 278 g/mol. The summed E-state index contributed by atoms with van der Waals surface area (Å²) >= 11 is 11.7. The van der Waals surface area contributed by atoms with E-state index in [1.54, 1.807) is 18.2 Å². The fourth-order valence-electron chi connectivity index (χ4n) is 1.35. The standard InChI is InChI=1S/C12H17Cl2NO2/c1-3-15(4-2)7-8-16-17-12-6-5-10(13)9-11(12)14/h5-6,9H,3-4,7-8H2,1-2H3. The minimum atomic E-state index is 0.445. The summed E-state index contributed by atoms with van der Waals surface area (Å²) in [5.74, 6) is 0.482. The van der Waals surface area contributed by atoms with Crippen LogP contribution in [0.15, 0.2) is 18.2 Å². The maximum atomic E-state index is 5.93. The van der Waals surface area contributed by atoms with Gasteiger partial charge in [0.25, 0.3) is 0 Å². The fraction of sp³-hybridized carbons (Fsp3) is 0.500. The van der Waals surface area contributed by atoms with Gasteiger partial charge in [0.05, 0.1) is 5.02 Å². The molecule has 0 aromatic heterocycles. The van der Waals surface area contributed by atoms with Crippen molar-refractivity contribution in [2.24, 2.45) is 0 Å². The largest absolute Gasteiger partial charge is 0.336 e. The van der Waals surface area contributed by atoms with E-state index in [1.807, 2.05) is 0 Å². The molecule has 3 nitrogen and oxygen atoms in total. The highest BCUT2D eigenvalue weighted by Crippen LogP contribution is 2.27. The molecule has 0 saturated heterocycles. The predicted molar refractivity (Wildman–Crippen MR) is 70.8 cm³/mol. The lowest BCUT2D eigenvalue weighted by molar-refractivity contribution is -0.208. The Morgan fingerprint density at radius 3 is 2.47 bits per heavy atom. The Morgan fingerprint density at radius 2 is 1.88 bits per heavy atom. The molecule has 0 unspecified atom stereocenters. The number of rotatable bonds is 7. The third kappa shape index (κ3) is 5.13. The van der Waals surface area contributed by atoms with Crippen LogP contribution >= 0.6 is 23.2 Å². The van der Waals surface area contributed by atoms with Crippen LogP contribution < -0.4 is 4.89 Å². The Labute approximate surface area is 112 Å². The Hall–Kier alpha value is -0.480. The molecule has 0 bridgehead atoms.